The quantitative estimate of drug-likeness (QED) is 0.600. The largest absolute Gasteiger partial charge is 0.361 e. The predicted molar refractivity (Wildman–Crippen MR) is 99.1 cm³/mol. The van der Waals surface area contributed by atoms with Crippen LogP contribution in [-0.4, -0.2) is 17.4 Å². The van der Waals surface area contributed by atoms with E-state index in [1.165, 1.54) is 12.1 Å². The van der Waals surface area contributed by atoms with Crippen LogP contribution in [0.2, 0.25) is 0 Å². The van der Waals surface area contributed by atoms with E-state index in [1.807, 2.05) is 36.5 Å². The number of halogens is 1. The zero-order valence-electron chi connectivity index (χ0n) is 14.4. The summed E-state index contributed by atoms with van der Waals surface area (Å²) in [6.07, 6.45) is 4.23. The molecule has 4 heteroatoms. The van der Waals surface area contributed by atoms with Gasteiger partial charge >= 0.3 is 0 Å². The lowest BCUT2D eigenvalue weighted by atomic mass is 9.88. The summed E-state index contributed by atoms with van der Waals surface area (Å²) in [5.41, 5.74) is 2.85. The second-order valence-corrected chi connectivity index (χ2v) is 6.30. The van der Waals surface area contributed by atoms with Crippen LogP contribution in [0.5, 0.6) is 0 Å². The van der Waals surface area contributed by atoms with E-state index >= 15 is 0 Å². The molecule has 0 fully saturated rings. The molecule has 1 aromatic heterocycles. The number of amides is 1. The first kappa shape index (κ1) is 17.2. The molecule has 0 aliphatic rings. The van der Waals surface area contributed by atoms with E-state index in [0.29, 0.717) is 13.0 Å². The Bertz CT molecular complexity index is 856. The number of hydrogen-bond donors (Lipinski definition) is 2. The Morgan fingerprint density at radius 1 is 1.20 bits per heavy atom. The second kappa shape index (κ2) is 7.97. The Morgan fingerprint density at radius 3 is 2.84 bits per heavy atom. The average Bonchev–Trinajstić information content (AvgIpc) is 3.04. The molecule has 2 aromatic carbocycles. The summed E-state index contributed by atoms with van der Waals surface area (Å²) in [4.78, 5) is 15.7. The van der Waals surface area contributed by atoms with Crippen molar-refractivity contribution >= 4 is 16.8 Å². The van der Waals surface area contributed by atoms with Gasteiger partial charge in [-0.3, -0.25) is 4.79 Å². The first-order valence-electron chi connectivity index (χ1n) is 8.77. The smallest absolute Gasteiger partial charge is 0.220 e. The molecule has 0 saturated heterocycles. The van der Waals surface area contributed by atoms with Crippen molar-refractivity contribution in [2.24, 2.45) is 0 Å². The number of aromatic nitrogens is 1. The number of benzene rings is 2. The lowest BCUT2D eigenvalue weighted by molar-refractivity contribution is -0.121. The molecule has 0 bridgehead atoms. The molecule has 3 aromatic rings. The molecule has 25 heavy (non-hydrogen) atoms. The molecule has 1 atom stereocenters. The number of carbonyl (C=O) groups excluding carboxylic acids is 1. The highest BCUT2D eigenvalue weighted by Gasteiger charge is 2.21. The number of rotatable bonds is 7. The van der Waals surface area contributed by atoms with Crippen molar-refractivity contribution in [3.63, 3.8) is 0 Å². The Hall–Kier alpha value is -2.62. The van der Waals surface area contributed by atoms with Gasteiger partial charge < -0.3 is 10.3 Å². The number of para-hydroxylation sites is 1. The van der Waals surface area contributed by atoms with Crippen LogP contribution in [0, 0.1) is 5.82 Å². The van der Waals surface area contributed by atoms with Crippen LogP contribution in [0.1, 0.15) is 43.2 Å². The monoisotopic (exact) mass is 338 g/mol. The highest BCUT2D eigenvalue weighted by molar-refractivity contribution is 5.86. The molecule has 0 aliphatic heterocycles. The Labute approximate surface area is 147 Å². The molecule has 3 nitrogen and oxygen atoms in total. The highest BCUT2D eigenvalue weighted by Crippen LogP contribution is 2.33. The number of unbranched alkanes of at least 4 members (excludes halogenated alkanes) is 1. The summed E-state index contributed by atoms with van der Waals surface area (Å²) in [6.45, 7) is 2.77. The zero-order chi connectivity index (χ0) is 17.6. The van der Waals surface area contributed by atoms with E-state index in [0.717, 1.165) is 34.9 Å². The highest BCUT2D eigenvalue weighted by atomic mass is 19.1. The van der Waals surface area contributed by atoms with Gasteiger partial charge in [0.2, 0.25) is 5.91 Å². The zero-order valence-corrected chi connectivity index (χ0v) is 14.4. The molecule has 3 rings (SSSR count). The number of hydrogen-bond acceptors (Lipinski definition) is 1. The predicted octanol–water partition coefficient (Wildman–Crippen LogP) is 4.75. The Morgan fingerprint density at radius 2 is 2.04 bits per heavy atom. The van der Waals surface area contributed by atoms with Gasteiger partial charge in [0.1, 0.15) is 5.82 Å². The van der Waals surface area contributed by atoms with Gasteiger partial charge in [-0.15, -0.1) is 0 Å². The van der Waals surface area contributed by atoms with Gasteiger partial charge in [0.05, 0.1) is 0 Å². The third kappa shape index (κ3) is 4.08. The summed E-state index contributed by atoms with van der Waals surface area (Å²) >= 11 is 0. The summed E-state index contributed by atoms with van der Waals surface area (Å²) in [6, 6.07) is 14.5. The molecule has 0 saturated carbocycles. The maximum atomic E-state index is 13.8. The van der Waals surface area contributed by atoms with Crippen molar-refractivity contribution in [3.8, 4) is 0 Å². The van der Waals surface area contributed by atoms with Gasteiger partial charge in [0, 0.05) is 36.0 Å². The van der Waals surface area contributed by atoms with E-state index in [-0.39, 0.29) is 17.6 Å². The Kier molecular flexibility index (Phi) is 5.49. The van der Waals surface area contributed by atoms with Gasteiger partial charge in [-0.1, -0.05) is 43.7 Å². The van der Waals surface area contributed by atoms with Crippen LogP contribution in [0.25, 0.3) is 10.9 Å². The normalized spacial score (nSPS) is 12.2. The molecule has 2 N–H and O–H groups in total. The van der Waals surface area contributed by atoms with Crippen molar-refractivity contribution < 1.29 is 9.18 Å². The van der Waals surface area contributed by atoms with Crippen LogP contribution in [0.3, 0.4) is 0 Å². The third-order valence-corrected chi connectivity index (χ3v) is 4.49. The number of H-pyrrole nitrogens is 1. The fourth-order valence-corrected chi connectivity index (χ4v) is 3.18. The molecule has 1 heterocycles. The maximum Gasteiger partial charge on any atom is 0.220 e. The van der Waals surface area contributed by atoms with Crippen LogP contribution in [-0.2, 0) is 4.79 Å². The van der Waals surface area contributed by atoms with Crippen molar-refractivity contribution in [2.75, 3.05) is 6.54 Å². The minimum absolute atomic E-state index is 0.00649. The molecule has 0 radical (unpaired) electrons. The van der Waals surface area contributed by atoms with Gasteiger partial charge in [-0.2, -0.15) is 0 Å². The van der Waals surface area contributed by atoms with E-state index in [1.54, 1.807) is 6.07 Å². The van der Waals surface area contributed by atoms with Crippen molar-refractivity contribution in [1.82, 2.24) is 10.3 Å². The van der Waals surface area contributed by atoms with E-state index in [4.69, 9.17) is 0 Å². The minimum Gasteiger partial charge on any atom is -0.361 e. The van der Waals surface area contributed by atoms with E-state index in [2.05, 4.69) is 17.2 Å². The summed E-state index contributed by atoms with van der Waals surface area (Å²) in [7, 11) is 0. The maximum absolute atomic E-state index is 13.8. The number of carbonyl (C=O) groups is 1. The molecule has 0 unspecified atom stereocenters. The first-order chi connectivity index (χ1) is 12.2. The fourth-order valence-electron chi connectivity index (χ4n) is 3.18. The molecular weight excluding hydrogens is 315 g/mol. The summed E-state index contributed by atoms with van der Waals surface area (Å²) < 4.78 is 13.8. The molecule has 1 amide bonds. The number of nitrogens with one attached hydrogen (secondary N) is 2. The molecular formula is C21H23FN2O. The summed E-state index contributed by atoms with van der Waals surface area (Å²) in [5, 5.41) is 4.03. The van der Waals surface area contributed by atoms with Gasteiger partial charge in [-0.25, -0.2) is 4.39 Å². The lowest BCUT2D eigenvalue weighted by Crippen LogP contribution is -2.26. The topological polar surface area (TPSA) is 44.9 Å². The second-order valence-electron chi connectivity index (χ2n) is 6.30. The van der Waals surface area contributed by atoms with Crippen LogP contribution in [0.4, 0.5) is 4.39 Å². The first-order valence-corrected chi connectivity index (χ1v) is 8.77. The van der Waals surface area contributed by atoms with Crippen LogP contribution >= 0.6 is 0 Å². The Balaban J connectivity index is 1.93. The van der Waals surface area contributed by atoms with E-state index in [9.17, 15) is 9.18 Å². The summed E-state index contributed by atoms with van der Waals surface area (Å²) in [5.74, 6) is -0.477. The van der Waals surface area contributed by atoms with Gasteiger partial charge in [0.15, 0.2) is 0 Å². The molecule has 130 valence electrons. The average molecular weight is 338 g/mol. The number of aromatic amines is 1. The van der Waals surface area contributed by atoms with Crippen molar-refractivity contribution in [1.29, 1.82) is 0 Å². The van der Waals surface area contributed by atoms with Crippen LogP contribution < -0.4 is 5.32 Å². The SMILES string of the molecule is CCCCNC(=O)C[C@H](c1cccc(F)c1)c1c[nH]c2ccccc12. The molecule has 0 spiro atoms. The van der Waals surface area contributed by atoms with Crippen LogP contribution in [0.15, 0.2) is 54.7 Å². The third-order valence-electron chi connectivity index (χ3n) is 4.49. The standard InChI is InChI=1S/C21H23FN2O/c1-2-3-11-23-21(25)13-18(15-7-6-8-16(22)12-15)19-14-24-20-10-5-4-9-17(19)20/h4-10,12,14,18,24H,2-3,11,13H2,1H3,(H,23,25)/t18-/m1/s1. The van der Waals surface area contributed by atoms with Crippen molar-refractivity contribution in [2.45, 2.75) is 32.1 Å². The number of fused-ring (bicyclic) bond motifs is 1. The van der Waals surface area contributed by atoms with E-state index < -0.39 is 0 Å². The van der Waals surface area contributed by atoms with Gasteiger partial charge in [0.25, 0.3) is 0 Å². The molecule has 0 aliphatic carbocycles. The lowest BCUT2D eigenvalue weighted by Gasteiger charge is -2.17. The van der Waals surface area contributed by atoms with Crippen molar-refractivity contribution in [3.05, 3.63) is 71.7 Å². The fraction of sp³-hybridized carbons (Fsp3) is 0.286. The minimum atomic E-state index is -0.284. The van der Waals surface area contributed by atoms with Gasteiger partial charge in [-0.05, 0) is 35.7 Å².